The summed E-state index contributed by atoms with van der Waals surface area (Å²) in [4.78, 5) is 11.2. The summed E-state index contributed by atoms with van der Waals surface area (Å²) in [5.41, 5.74) is 0.816. The zero-order chi connectivity index (χ0) is 10.8. The molecule has 2 heteroatoms. The molecule has 0 aromatic rings. The second-order valence-corrected chi connectivity index (χ2v) is 4.96. The van der Waals surface area contributed by atoms with Crippen molar-refractivity contribution in [1.29, 1.82) is 0 Å². The highest BCUT2D eigenvalue weighted by atomic mass is 16.5. The molecular formula is C12H20O2. The molecule has 0 spiro atoms. The maximum atomic E-state index is 11.2. The van der Waals surface area contributed by atoms with Gasteiger partial charge in [-0.05, 0) is 31.1 Å². The van der Waals surface area contributed by atoms with Crippen LogP contribution in [-0.4, -0.2) is 12.6 Å². The van der Waals surface area contributed by atoms with Crippen molar-refractivity contribution in [3.05, 3.63) is 12.2 Å². The summed E-state index contributed by atoms with van der Waals surface area (Å²) in [6, 6.07) is 0. The molecule has 0 heterocycles. The van der Waals surface area contributed by atoms with Gasteiger partial charge in [-0.3, -0.25) is 0 Å². The zero-order valence-corrected chi connectivity index (χ0v) is 9.43. The molecule has 0 saturated heterocycles. The first-order valence-electron chi connectivity index (χ1n) is 5.26. The molecule has 1 saturated carbocycles. The summed E-state index contributed by atoms with van der Waals surface area (Å²) in [6.07, 6.45) is 3.67. The van der Waals surface area contributed by atoms with Gasteiger partial charge in [0.15, 0.2) is 0 Å². The summed E-state index contributed by atoms with van der Waals surface area (Å²) in [5.74, 6) is 0.262. The number of rotatable bonds is 3. The topological polar surface area (TPSA) is 26.3 Å². The number of hydrogen-bond acceptors (Lipinski definition) is 2. The third kappa shape index (κ3) is 2.60. The lowest BCUT2D eigenvalue weighted by atomic mass is 9.82. The highest BCUT2D eigenvalue weighted by molar-refractivity contribution is 5.86. The maximum Gasteiger partial charge on any atom is 0.333 e. The van der Waals surface area contributed by atoms with Crippen molar-refractivity contribution in [3.63, 3.8) is 0 Å². The van der Waals surface area contributed by atoms with Crippen molar-refractivity contribution < 1.29 is 9.53 Å². The Hall–Kier alpha value is -0.790. The van der Waals surface area contributed by atoms with Gasteiger partial charge in [0.1, 0.15) is 0 Å². The summed E-state index contributed by atoms with van der Waals surface area (Å²) in [5, 5.41) is 0. The van der Waals surface area contributed by atoms with E-state index in [2.05, 4.69) is 20.4 Å². The van der Waals surface area contributed by atoms with E-state index in [1.165, 1.54) is 19.3 Å². The van der Waals surface area contributed by atoms with Gasteiger partial charge >= 0.3 is 5.97 Å². The minimum Gasteiger partial charge on any atom is -0.462 e. The average molecular weight is 196 g/mol. The van der Waals surface area contributed by atoms with E-state index in [9.17, 15) is 4.79 Å². The molecule has 1 aliphatic rings. The van der Waals surface area contributed by atoms with Gasteiger partial charge in [-0.1, -0.05) is 26.8 Å². The Morgan fingerprint density at radius 1 is 1.57 bits per heavy atom. The summed E-state index contributed by atoms with van der Waals surface area (Å²) in [6.45, 7) is 10.3. The van der Waals surface area contributed by atoms with Gasteiger partial charge in [-0.15, -0.1) is 0 Å². The first kappa shape index (κ1) is 11.3. The van der Waals surface area contributed by atoms with Crippen LogP contribution in [0.25, 0.3) is 0 Å². The van der Waals surface area contributed by atoms with E-state index in [0.29, 0.717) is 23.5 Å². The molecular weight excluding hydrogens is 176 g/mol. The number of ether oxygens (including phenoxy) is 1. The van der Waals surface area contributed by atoms with Gasteiger partial charge in [-0.2, -0.15) is 0 Å². The predicted octanol–water partition coefficient (Wildman–Crippen LogP) is 2.93. The van der Waals surface area contributed by atoms with Gasteiger partial charge in [-0.25, -0.2) is 4.79 Å². The minimum atomic E-state index is -0.257. The van der Waals surface area contributed by atoms with E-state index in [-0.39, 0.29) is 5.97 Å². The van der Waals surface area contributed by atoms with E-state index in [1.807, 2.05) is 0 Å². The van der Waals surface area contributed by atoms with Gasteiger partial charge in [0.05, 0.1) is 6.61 Å². The van der Waals surface area contributed by atoms with E-state index in [1.54, 1.807) is 6.92 Å². The van der Waals surface area contributed by atoms with Crippen LogP contribution in [0.5, 0.6) is 0 Å². The lowest BCUT2D eigenvalue weighted by Gasteiger charge is -2.26. The summed E-state index contributed by atoms with van der Waals surface area (Å²) < 4.78 is 5.18. The van der Waals surface area contributed by atoms with Crippen molar-refractivity contribution in [1.82, 2.24) is 0 Å². The second kappa shape index (κ2) is 4.16. The van der Waals surface area contributed by atoms with Gasteiger partial charge < -0.3 is 4.74 Å². The van der Waals surface area contributed by atoms with E-state index in [0.717, 1.165) is 0 Å². The fourth-order valence-corrected chi connectivity index (χ4v) is 2.01. The lowest BCUT2D eigenvalue weighted by Crippen LogP contribution is -2.24. The number of esters is 1. The molecule has 0 radical (unpaired) electrons. The fraction of sp³-hybridized carbons (Fsp3) is 0.750. The Balaban J connectivity index is 2.38. The molecule has 1 atom stereocenters. The minimum absolute atomic E-state index is 0.257. The van der Waals surface area contributed by atoms with Crippen LogP contribution < -0.4 is 0 Å². The zero-order valence-electron chi connectivity index (χ0n) is 9.43. The molecule has 80 valence electrons. The Morgan fingerprint density at radius 3 is 2.64 bits per heavy atom. The fourth-order valence-electron chi connectivity index (χ4n) is 2.01. The third-order valence-corrected chi connectivity index (χ3v) is 3.24. The molecule has 0 N–H and O–H groups in total. The van der Waals surface area contributed by atoms with Crippen LogP contribution in [0.15, 0.2) is 12.2 Å². The Bertz CT molecular complexity index is 241. The Kier molecular flexibility index (Phi) is 3.35. The summed E-state index contributed by atoms with van der Waals surface area (Å²) in [7, 11) is 0. The SMILES string of the molecule is C=C(C)C(=O)OCC1CCCC1(C)C. The van der Waals surface area contributed by atoms with Crippen molar-refractivity contribution >= 4 is 5.97 Å². The van der Waals surface area contributed by atoms with Crippen LogP contribution in [-0.2, 0) is 9.53 Å². The first-order chi connectivity index (χ1) is 6.43. The number of carbonyl (C=O) groups excluding carboxylic acids is 1. The Morgan fingerprint density at radius 2 is 2.21 bits per heavy atom. The van der Waals surface area contributed by atoms with Crippen LogP contribution in [0.4, 0.5) is 0 Å². The third-order valence-electron chi connectivity index (χ3n) is 3.24. The number of hydrogen-bond donors (Lipinski definition) is 0. The predicted molar refractivity (Wildman–Crippen MR) is 56.9 cm³/mol. The smallest absolute Gasteiger partial charge is 0.333 e. The Labute approximate surface area is 86.3 Å². The molecule has 0 amide bonds. The highest BCUT2D eigenvalue weighted by Gasteiger charge is 2.35. The van der Waals surface area contributed by atoms with Crippen LogP contribution in [0.3, 0.4) is 0 Å². The van der Waals surface area contributed by atoms with Crippen LogP contribution in [0.2, 0.25) is 0 Å². The van der Waals surface area contributed by atoms with Crippen LogP contribution >= 0.6 is 0 Å². The van der Waals surface area contributed by atoms with E-state index >= 15 is 0 Å². The molecule has 14 heavy (non-hydrogen) atoms. The van der Waals surface area contributed by atoms with E-state index < -0.39 is 0 Å². The van der Waals surface area contributed by atoms with Gasteiger partial charge in [0.25, 0.3) is 0 Å². The largest absolute Gasteiger partial charge is 0.462 e. The van der Waals surface area contributed by atoms with Crippen molar-refractivity contribution in [2.45, 2.75) is 40.0 Å². The maximum absolute atomic E-state index is 11.2. The van der Waals surface area contributed by atoms with Crippen LogP contribution in [0.1, 0.15) is 40.0 Å². The standard InChI is InChI=1S/C12H20O2/c1-9(2)11(13)14-8-10-6-5-7-12(10,3)4/h10H,1,5-8H2,2-4H3. The monoisotopic (exact) mass is 196 g/mol. The van der Waals surface area contributed by atoms with Crippen molar-refractivity contribution in [2.75, 3.05) is 6.61 Å². The average Bonchev–Trinajstić information content (AvgIpc) is 2.40. The molecule has 0 aliphatic heterocycles. The molecule has 0 bridgehead atoms. The highest BCUT2D eigenvalue weighted by Crippen LogP contribution is 2.42. The van der Waals surface area contributed by atoms with Crippen molar-refractivity contribution in [3.8, 4) is 0 Å². The molecule has 1 unspecified atom stereocenters. The molecule has 0 aromatic heterocycles. The number of carbonyl (C=O) groups is 1. The van der Waals surface area contributed by atoms with Crippen molar-refractivity contribution in [2.24, 2.45) is 11.3 Å². The molecule has 2 nitrogen and oxygen atoms in total. The summed E-state index contributed by atoms with van der Waals surface area (Å²) >= 11 is 0. The molecule has 0 aromatic carbocycles. The van der Waals surface area contributed by atoms with Crippen LogP contribution in [0, 0.1) is 11.3 Å². The first-order valence-corrected chi connectivity index (χ1v) is 5.26. The van der Waals surface area contributed by atoms with Gasteiger partial charge in [0.2, 0.25) is 0 Å². The molecule has 1 fully saturated rings. The lowest BCUT2D eigenvalue weighted by molar-refractivity contribution is -0.141. The quantitative estimate of drug-likeness (QED) is 0.512. The van der Waals surface area contributed by atoms with Gasteiger partial charge in [0, 0.05) is 5.57 Å². The second-order valence-electron chi connectivity index (χ2n) is 4.96. The molecule has 1 rings (SSSR count). The normalized spacial score (nSPS) is 24.6. The van der Waals surface area contributed by atoms with E-state index in [4.69, 9.17) is 4.74 Å². The molecule has 1 aliphatic carbocycles.